The summed E-state index contributed by atoms with van der Waals surface area (Å²) in [7, 11) is 0. The highest BCUT2D eigenvalue weighted by atomic mass is 35.5. The molecule has 0 amide bonds. The van der Waals surface area contributed by atoms with Crippen molar-refractivity contribution < 1.29 is 4.74 Å². The molecule has 1 nitrogen and oxygen atoms in total. The van der Waals surface area contributed by atoms with Gasteiger partial charge in [0.1, 0.15) is 0 Å². The lowest BCUT2D eigenvalue weighted by atomic mass is 10.2. The molecule has 0 bridgehead atoms. The van der Waals surface area contributed by atoms with Gasteiger partial charge in [0.15, 0.2) is 0 Å². The van der Waals surface area contributed by atoms with Crippen molar-refractivity contribution in [2.45, 2.75) is 31.6 Å². The molecule has 3 heteroatoms. The van der Waals surface area contributed by atoms with E-state index in [1.807, 2.05) is 0 Å². The third-order valence-corrected chi connectivity index (χ3v) is 1.89. The van der Waals surface area contributed by atoms with Crippen LogP contribution in [0.3, 0.4) is 0 Å². The molecule has 0 aromatic rings. The molecular formula is C8H16Cl2O. The Morgan fingerprint density at radius 2 is 2.18 bits per heavy atom. The Morgan fingerprint density at radius 3 is 2.73 bits per heavy atom. The zero-order valence-electron chi connectivity index (χ0n) is 6.98. The Hall–Kier alpha value is 0.540. The Bertz CT molecular complexity index is 78.5. The topological polar surface area (TPSA) is 9.23 Å². The zero-order chi connectivity index (χ0) is 8.53. The van der Waals surface area contributed by atoms with Gasteiger partial charge in [0.05, 0.1) is 18.6 Å². The molecule has 0 radical (unpaired) electrons. The average molecular weight is 199 g/mol. The third-order valence-electron chi connectivity index (χ3n) is 1.39. The minimum Gasteiger partial charge on any atom is -0.379 e. The number of unbranched alkanes of at least 4 members (excludes halogenated alkanes) is 1. The lowest BCUT2D eigenvalue weighted by Crippen LogP contribution is -2.10. The van der Waals surface area contributed by atoms with E-state index in [1.54, 1.807) is 0 Å². The SMILES string of the molecule is CCCCC(Cl)COCCCl. The van der Waals surface area contributed by atoms with Crippen LogP contribution in [0.1, 0.15) is 26.2 Å². The van der Waals surface area contributed by atoms with Gasteiger partial charge < -0.3 is 4.74 Å². The van der Waals surface area contributed by atoms with E-state index in [4.69, 9.17) is 27.9 Å². The number of hydrogen-bond donors (Lipinski definition) is 0. The Morgan fingerprint density at radius 1 is 1.45 bits per heavy atom. The molecule has 0 aliphatic rings. The summed E-state index contributed by atoms with van der Waals surface area (Å²) in [5.74, 6) is 0.553. The molecular weight excluding hydrogens is 183 g/mol. The largest absolute Gasteiger partial charge is 0.379 e. The van der Waals surface area contributed by atoms with E-state index in [9.17, 15) is 0 Å². The lowest BCUT2D eigenvalue weighted by molar-refractivity contribution is 0.147. The predicted molar refractivity (Wildman–Crippen MR) is 50.7 cm³/mol. The molecule has 1 unspecified atom stereocenters. The van der Waals surface area contributed by atoms with E-state index in [-0.39, 0.29) is 5.38 Å². The highest BCUT2D eigenvalue weighted by molar-refractivity contribution is 6.20. The molecule has 0 fully saturated rings. The molecule has 0 saturated carbocycles. The first kappa shape index (κ1) is 11.5. The van der Waals surface area contributed by atoms with Gasteiger partial charge in [-0.25, -0.2) is 0 Å². The number of halogens is 2. The lowest BCUT2D eigenvalue weighted by Gasteiger charge is -2.07. The summed E-state index contributed by atoms with van der Waals surface area (Å²) in [6.45, 7) is 3.40. The second kappa shape index (κ2) is 8.63. The van der Waals surface area contributed by atoms with Crippen LogP contribution in [0.4, 0.5) is 0 Å². The van der Waals surface area contributed by atoms with Crippen molar-refractivity contribution in [1.29, 1.82) is 0 Å². The first-order valence-corrected chi connectivity index (χ1v) is 5.06. The van der Waals surface area contributed by atoms with Crippen molar-refractivity contribution in [3.8, 4) is 0 Å². The van der Waals surface area contributed by atoms with E-state index in [2.05, 4.69) is 6.92 Å². The smallest absolute Gasteiger partial charge is 0.0630 e. The molecule has 1 atom stereocenters. The van der Waals surface area contributed by atoms with Crippen molar-refractivity contribution in [1.82, 2.24) is 0 Å². The van der Waals surface area contributed by atoms with E-state index in [0.29, 0.717) is 19.1 Å². The molecule has 0 heterocycles. The molecule has 0 aromatic carbocycles. The van der Waals surface area contributed by atoms with Gasteiger partial charge in [-0.3, -0.25) is 0 Å². The van der Waals surface area contributed by atoms with Crippen molar-refractivity contribution in [2.75, 3.05) is 19.1 Å². The van der Waals surface area contributed by atoms with E-state index in [0.717, 1.165) is 6.42 Å². The standard InChI is InChI=1S/C8H16Cl2O/c1-2-3-4-8(10)7-11-6-5-9/h8H,2-7H2,1H3. The fourth-order valence-corrected chi connectivity index (χ4v) is 1.13. The molecule has 0 aliphatic heterocycles. The fraction of sp³-hybridized carbons (Fsp3) is 1.00. The van der Waals surface area contributed by atoms with Crippen LogP contribution in [-0.2, 0) is 4.74 Å². The van der Waals surface area contributed by atoms with Crippen LogP contribution in [0.25, 0.3) is 0 Å². The zero-order valence-corrected chi connectivity index (χ0v) is 8.50. The summed E-state index contributed by atoms with van der Waals surface area (Å²) in [6.07, 6.45) is 3.41. The van der Waals surface area contributed by atoms with E-state index >= 15 is 0 Å². The second-order valence-corrected chi connectivity index (χ2v) is 3.50. The summed E-state index contributed by atoms with van der Waals surface area (Å²) < 4.78 is 5.18. The summed E-state index contributed by atoms with van der Waals surface area (Å²) >= 11 is 11.3. The Balaban J connectivity index is 3.02. The van der Waals surface area contributed by atoms with Gasteiger partial charge in [-0.2, -0.15) is 0 Å². The quantitative estimate of drug-likeness (QED) is 0.452. The molecule has 0 aromatic heterocycles. The number of rotatable bonds is 7. The monoisotopic (exact) mass is 198 g/mol. The third kappa shape index (κ3) is 8.45. The summed E-state index contributed by atoms with van der Waals surface area (Å²) in [5.41, 5.74) is 0. The van der Waals surface area contributed by atoms with Crippen LogP contribution in [0.5, 0.6) is 0 Å². The van der Waals surface area contributed by atoms with Gasteiger partial charge in [-0.15, -0.1) is 23.2 Å². The number of alkyl halides is 2. The highest BCUT2D eigenvalue weighted by Gasteiger charge is 2.02. The van der Waals surface area contributed by atoms with Crippen LogP contribution >= 0.6 is 23.2 Å². The molecule has 0 aliphatic carbocycles. The first-order chi connectivity index (χ1) is 5.31. The van der Waals surface area contributed by atoms with Crippen LogP contribution < -0.4 is 0 Å². The van der Waals surface area contributed by atoms with Crippen molar-refractivity contribution >= 4 is 23.2 Å². The van der Waals surface area contributed by atoms with E-state index < -0.39 is 0 Å². The normalized spacial score (nSPS) is 13.4. The molecule has 11 heavy (non-hydrogen) atoms. The maximum Gasteiger partial charge on any atom is 0.0630 e. The van der Waals surface area contributed by atoms with Gasteiger partial charge >= 0.3 is 0 Å². The molecule has 0 N–H and O–H groups in total. The maximum absolute atomic E-state index is 5.93. The van der Waals surface area contributed by atoms with Crippen LogP contribution in [0, 0.1) is 0 Å². The van der Waals surface area contributed by atoms with Crippen molar-refractivity contribution in [2.24, 2.45) is 0 Å². The maximum atomic E-state index is 5.93. The van der Waals surface area contributed by atoms with Crippen LogP contribution in [0.15, 0.2) is 0 Å². The van der Waals surface area contributed by atoms with E-state index in [1.165, 1.54) is 12.8 Å². The van der Waals surface area contributed by atoms with Gasteiger partial charge in [-0.1, -0.05) is 19.8 Å². The average Bonchev–Trinajstić information content (AvgIpc) is 2.01. The van der Waals surface area contributed by atoms with Gasteiger partial charge in [0.25, 0.3) is 0 Å². The number of hydrogen-bond acceptors (Lipinski definition) is 1. The summed E-state index contributed by atoms with van der Waals surface area (Å²) in [6, 6.07) is 0. The molecule has 0 spiro atoms. The molecule has 68 valence electrons. The first-order valence-electron chi connectivity index (χ1n) is 4.09. The van der Waals surface area contributed by atoms with Gasteiger partial charge in [-0.05, 0) is 6.42 Å². The second-order valence-electron chi connectivity index (χ2n) is 2.50. The van der Waals surface area contributed by atoms with Gasteiger partial charge in [0, 0.05) is 5.88 Å². The summed E-state index contributed by atoms with van der Waals surface area (Å²) in [5, 5.41) is 0.165. The summed E-state index contributed by atoms with van der Waals surface area (Å²) in [4.78, 5) is 0. The van der Waals surface area contributed by atoms with Crippen LogP contribution in [-0.4, -0.2) is 24.5 Å². The highest BCUT2D eigenvalue weighted by Crippen LogP contribution is 2.07. The predicted octanol–water partition coefficient (Wildman–Crippen LogP) is 3.04. The van der Waals surface area contributed by atoms with Gasteiger partial charge in [0.2, 0.25) is 0 Å². The molecule has 0 saturated heterocycles. The Kier molecular flexibility index (Phi) is 9.06. The van der Waals surface area contributed by atoms with Crippen molar-refractivity contribution in [3.63, 3.8) is 0 Å². The molecule has 0 rings (SSSR count). The number of ether oxygens (including phenoxy) is 1. The minimum absolute atomic E-state index is 0.165. The van der Waals surface area contributed by atoms with Crippen LogP contribution in [0.2, 0.25) is 0 Å². The minimum atomic E-state index is 0.165. The fourth-order valence-electron chi connectivity index (χ4n) is 0.775. The Labute approximate surface area is 79.0 Å². The van der Waals surface area contributed by atoms with Crippen molar-refractivity contribution in [3.05, 3.63) is 0 Å².